The summed E-state index contributed by atoms with van der Waals surface area (Å²) in [6, 6.07) is 13.3. The number of aromatic nitrogens is 1. The average Bonchev–Trinajstić information content (AvgIpc) is 3.29. The molecule has 1 N–H and O–H groups in total. The lowest BCUT2D eigenvalue weighted by Gasteiger charge is -2.36. The van der Waals surface area contributed by atoms with Crippen LogP contribution in [0.2, 0.25) is 0 Å². The van der Waals surface area contributed by atoms with Gasteiger partial charge in [0.2, 0.25) is 5.91 Å². The fourth-order valence-electron chi connectivity index (χ4n) is 3.90. The number of carbonyl (C=O) groups excluding carboxylic acids is 2. The number of amides is 2. The van der Waals surface area contributed by atoms with Crippen molar-refractivity contribution in [3.8, 4) is 0 Å². The van der Waals surface area contributed by atoms with Crippen LogP contribution in [0.5, 0.6) is 0 Å². The van der Waals surface area contributed by atoms with Gasteiger partial charge >= 0.3 is 0 Å². The van der Waals surface area contributed by atoms with Gasteiger partial charge in [0, 0.05) is 18.8 Å². The summed E-state index contributed by atoms with van der Waals surface area (Å²) < 4.78 is 1.89. The maximum atomic E-state index is 13.0. The standard InChI is InChI=1S/C20H23N3O2/c24-19(21-16-9-4-5-10-16)18-14-22-12-6-11-17(22)20(25)23(18)13-15-7-2-1-3-8-15/h1-3,6-8,11-12,16,18H,4-5,9-10,13-14H2,(H,21,24). The molecule has 1 aromatic carbocycles. The highest BCUT2D eigenvalue weighted by atomic mass is 16.2. The van der Waals surface area contributed by atoms with Crippen LogP contribution in [0, 0.1) is 0 Å². The predicted octanol–water partition coefficient (Wildman–Crippen LogP) is 2.57. The van der Waals surface area contributed by atoms with Crippen molar-refractivity contribution in [3.63, 3.8) is 0 Å². The SMILES string of the molecule is O=C(NC1CCCC1)C1Cn2cccc2C(=O)N1Cc1ccccc1. The molecule has 25 heavy (non-hydrogen) atoms. The number of nitrogens with zero attached hydrogens (tertiary/aromatic N) is 2. The fourth-order valence-corrected chi connectivity index (χ4v) is 3.90. The van der Waals surface area contributed by atoms with E-state index in [1.165, 1.54) is 12.8 Å². The van der Waals surface area contributed by atoms with Crippen molar-refractivity contribution in [2.24, 2.45) is 0 Å². The summed E-state index contributed by atoms with van der Waals surface area (Å²) in [5.41, 5.74) is 1.69. The average molecular weight is 337 g/mol. The third-order valence-electron chi connectivity index (χ3n) is 5.26. The second-order valence-corrected chi connectivity index (χ2v) is 6.97. The molecule has 5 nitrogen and oxygen atoms in total. The minimum absolute atomic E-state index is 0.0319. The molecule has 2 aromatic rings. The molecular weight excluding hydrogens is 314 g/mol. The zero-order valence-electron chi connectivity index (χ0n) is 14.2. The molecule has 2 amide bonds. The van der Waals surface area contributed by atoms with Crippen LogP contribution in [-0.2, 0) is 17.9 Å². The van der Waals surface area contributed by atoms with Gasteiger partial charge in [0.05, 0.1) is 6.54 Å². The van der Waals surface area contributed by atoms with Crippen molar-refractivity contribution < 1.29 is 9.59 Å². The summed E-state index contributed by atoms with van der Waals surface area (Å²) >= 11 is 0. The van der Waals surface area contributed by atoms with E-state index in [0.29, 0.717) is 18.8 Å². The van der Waals surface area contributed by atoms with Crippen LogP contribution in [0.15, 0.2) is 48.7 Å². The number of benzene rings is 1. The van der Waals surface area contributed by atoms with Gasteiger partial charge in [-0.15, -0.1) is 0 Å². The largest absolute Gasteiger partial charge is 0.352 e. The topological polar surface area (TPSA) is 54.3 Å². The van der Waals surface area contributed by atoms with Crippen molar-refractivity contribution in [2.45, 2.75) is 50.9 Å². The van der Waals surface area contributed by atoms with Gasteiger partial charge in [-0.1, -0.05) is 43.2 Å². The Hall–Kier alpha value is -2.56. The highest BCUT2D eigenvalue weighted by Crippen LogP contribution is 2.23. The molecular formula is C20H23N3O2. The molecule has 1 aliphatic carbocycles. The zero-order valence-corrected chi connectivity index (χ0v) is 14.2. The lowest BCUT2D eigenvalue weighted by atomic mass is 10.1. The number of carbonyl (C=O) groups is 2. The number of rotatable bonds is 4. The highest BCUT2D eigenvalue weighted by molar-refractivity contribution is 5.97. The van der Waals surface area contributed by atoms with E-state index in [1.807, 2.05) is 53.2 Å². The molecule has 0 spiro atoms. The van der Waals surface area contributed by atoms with Crippen LogP contribution in [0.4, 0.5) is 0 Å². The molecule has 1 fully saturated rings. The van der Waals surface area contributed by atoms with E-state index >= 15 is 0 Å². The third-order valence-corrected chi connectivity index (χ3v) is 5.26. The van der Waals surface area contributed by atoms with Gasteiger partial charge < -0.3 is 14.8 Å². The first-order chi connectivity index (χ1) is 12.2. The van der Waals surface area contributed by atoms with Gasteiger partial charge in [0.15, 0.2) is 0 Å². The van der Waals surface area contributed by atoms with Crippen molar-refractivity contribution in [1.29, 1.82) is 0 Å². The molecule has 0 saturated heterocycles. The minimum atomic E-state index is -0.465. The molecule has 0 bridgehead atoms. The Morgan fingerprint density at radius 2 is 1.84 bits per heavy atom. The molecule has 2 aliphatic rings. The first-order valence-electron chi connectivity index (χ1n) is 9.03. The lowest BCUT2D eigenvalue weighted by Crippen LogP contribution is -2.55. The zero-order chi connectivity index (χ0) is 17.2. The summed E-state index contributed by atoms with van der Waals surface area (Å²) in [6.07, 6.45) is 6.30. The van der Waals surface area contributed by atoms with E-state index in [0.717, 1.165) is 18.4 Å². The first-order valence-corrected chi connectivity index (χ1v) is 9.03. The summed E-state index contributed by atoms with van der Waals surface area (Å²) in [4.78, 5) is 27.6. The molecule has 4 rings (SSSR count). The first kappa shape index (κ1) is 15.9. The van der Waals surface area contributed by atoms with Gasteiger partial charge in [-0.05, 0) is 30.5 Å². The Kier molecular flexibility index (Phi) is 4.30. The van der Waals surface area contributed by atoms with E-state index in [-0.39, 0.29) is 17.9 Å². The third kappa shape index (κ3) is 3.18. The van der Waals surface area contributed by atoms with Crippen molar-refractivity contribution in [3.05, 3.63) is 59.9 Å². The monoisotopic (exact) mass is 337 g/mol. The van der Waals surface area contributed by atoms with Crippen LogP contribution < -0.4 is 5.32 Å². The number of fused-ring (bicyclic) bond motifs is 1. The van der Waals surface area contributed by atoms with E-state index in [1.54, 1.807) is 4.90 Å². The molecule has 0 radical (unpaired) electrons. The van der Waals surface area contributed by atoms with Crippen molar-refractivity contribution in [1.82, 2.24) is 14.8 Å². The van der Waals surface area contributed by atoms with Gasteiger partial charge in [-0.2, -0.15) is 0 Å². The molecule has 1 saturated carbocycles. The Morgan fingerprint density at radius 3 is 2.60 bits per heavy atom. The maximum absolute atomic E-state index is 13.0. The van der Waals surface area contributed by atoms with Crippen LogP contribution in [-0.4, -0.2) is 33.4 Å². The van der Waals surface area contributed by atoms with Gasteiger partial charge in [-0.3, -0.25) is 9.59 Å². The summed E-state index contributed by atoms with van der Waals surface area (Å²) in [6.45, 7) is 0.965. The van der Waals surface area contributed by atoms with Gasteiger partial charge in [0.25, 0.3) is 5.91 Å². The lowest BCUT2D eigenvalue weighted by molar-refractivity contribution is -0.127. The predicted molar refractivity (Wildman–Crippen MR) is 94.9 cm³/mol. The highest BCUT2D eigenvalue weighted by Gasteiger charge is 2.37. The minimum Gasteiger partial charge on any atom is -0.352 e. The Bertz CT molecular complexity index is 762. The van der Waals surface area contributed by atoms with Crippen LogP contribution >= 0.6 is 0 Å². The normalized spacial score (nSPS) is 20.6. The molecule has 130 valence electrons. The van der Waals surface area contributed by atoms with E-state index in [4.69, 9.17) is 0 Å². The summed E-state index contributed by atoms with van der Waals surface area (Å²) in [7, 11) is 0. The van der Waals surface area contributed by atoms with E-state index in [2.05, 4.69) is 5.32 Å². The summed E-state index contributed by atoms with van der Waals surface area (Å²) in [5, 5.41) is 3.16. The Balaban J connectivity index is 1.59. The van der Waals surface area contributed by atoms with E-state index in [9.17, 15) is 9.59 Å². The number of nitrogens with one attached hydrogen (secondary N) is 1. The van der Waals surface area contributed by atoms with Gasteiger partial charge in [0.1, 0.15) is 11.7 Å². The quantitative estimate of drug-likeness (QED) is 0.932. The van der Waals surface area contributed by atoms with Crippen LogP contribution in [0.1, 0.15) is 41.7 Å². The number of hydrogen-bond acceptors (Lipinski definition) is 2. The molecule has 1 unspecified atom stereocenters. The Labute approximate surface area is 147 Å². The smallest absolute Gasteiger partial charge is 0.271 e. The molecule has 2 heterocycles. The van der Waals surface area contributed by atoms with Crippen molar-refractivity contribution in [2.75, 3.05) is 0 Å². The second-order valence-electron chi connectivity index (χ2n) is 6.97. The molecule has 1 atom stereocenters. The molecule has 1 aliphatic heterocycles. The molecule has 5 heteroatoms. The number of hydrogen-bond donors (Lipinski definition) is 1. The van der Waals surface area contributed by atoms with Crippen LogP contribution in [0.25, 0.3) is 0 Å². The maximum Gasteiger partial charge on any atom is 0.271 e. The van der Waals surface area contributed by atoms with E-state index < -0.39 is 6.04 Å². The second kappa shape index (κ2) is 6.75. The Morgan fingerprint density at radius 1 is 1.08 bits per heavy atom. The van der Waals surface area contributed by atoms with Crippen molar-refractivity contribution >= 4 is 11.8 Å². The summed E-state index contributed by atoms with van der Waals surface area (Å²) in [5.74, 6) is -0.109. The van der Waals surface area contributed by atoms with Crippen LogP contribution in [0.3, 0.4) is 0 Å². The fraction of sp³-hybridized carbons (Fsp3) is 0.400. The molecule has 1 aromatic heterocycles. The van der Waals surface area contributed by atoms with Gasteiger partial charge in [-0.25, -0.2) is 0 Å².